The van der Waals surface area contributed by atoms with Crippen molar-refractivity contribution in [2.45, 2.75) is 0 Å². The molecule has 0 aliphatic carbocycles. The fourth-order valence-corrected chi connectivity index (χ4v) is 1.29. The Balaban J connectivity index is 2.94. The highest BCUT2D eigenvalue weighted by molar-refractivity contribution is 6.31. The maximum Gasteiger partial charge on any atom is 0.255 e. The molecule has 0 radical (unpaired) electrons. The van der Waals surface area contributed by atoms with Crippen molar-refractivity contribution in [2.75, 3.05) is 13.7 Å². The van der Waals surface area contributed by atoms with E-state index in [9.17, 15) is 4.79 Å². The van der Waals surface area contributed by atoms with Crippen LogP contribution >= 0.6 is 11.6 Å². The Morgan fingerprint density at radius 1 is 1.67 bits per heavy atom. The van der Waals surface area contributed by atoms with Gasteiger partial charge in [0.25, 0.3) is 5.91 Å². The first-order valence-corrected chi connectivity index (χ1v) is 4.79. The van der Waals surface area contributed by atoms with Crippen molar-refractivity contribution in [2.24, 2.45) is 0 Å². The van der Waals surface area contributed by atoms with Crippen LogP contribution in [0.1, 0.15) is 10.4 Å². The molecule has 1 N–H and O–H groups in total. The number of rotatable bonds is 4. The number of hydrogen-bond donors (Lipinski definition) is 1. The van der Waals surface area contributed by atoms with Gasteiger partial charge in [0.05, 0.1) is 12.7 Å². The molecule has 0 saturated carbocycles. The summed E-state index contributed by atoms with van der Waals surface area (Å²) in [5.74, 6) is 0.273. The van der Waals surface area contributed by atoms with Gasteiger partial charge in [0.2, 0.25) is 0 Å². The molecule has 4 heteroatoms. The molecule has 0 fully saturated rings. The van der Waals surface area contributed by atoms with Crippen LogP contribution in [0.15, 0.2) is 30.9 Å². The van der Waals surface area contributed by atoms with E-state index < -0.39 is 0 Å². The maximum atomic E-state index is 11.6. The Hall–Kier alpha value is -1.48. The Morgan fingerprint density at radius 3 is 3.00 bits per heavy atom. The van der Waals surface area contributed by atoms with Crippen LogP contribution < -0.4 is 10.1 Å². The second-order valence-corrected chi connectivity index (χ2v) is 3.28. The average molecular weight is 226 g/mol. The molecule has 0 aliphatic rings. The molecule has 0 bridgehead atoms. The topological polar surface area (TPSA) is 38.3 Å². The van der Waals surface area contributed by atoms with Crippen LogP contribution in [0, 0.1) is 0 Å². The number of ether oxygens (including phenoxy) is 1. The van der Waals surface area contributed by atoms with Crippen LogP contribution in [0.3, 0.4) is 0 Å². The molecule has 15 heavy (non-hydrogen) atoms. The van der Waals surface area contributed by atoms with Crippen LogP contribution in [-0.2, 0) is 0 Å². The van der Waals surface area contributed by atoms with Gasteiger partial charge in [0.1, 0.15) is 5.75 Å². The van der Waals surface area contributed by atoms with Crippen molar-refractivity contribution in [3.8, 4) is 5.75 Å². The van der Waals surface area contributed by atoms with Crippen molar-refractivity contribution in [1.29, 1.82) is 0 Å². The minimum atomic E-state index is -0.228. The smallest absolute Gasteiger partial charge is 0.255 e. The predicted octanol–water partition coefficient (Wildman–Crippen LogP) is 2.26. The van der Waals surface area contributed by atoms with Gasteiger partial charge in [0, 0.05) is 11.6 Å². The Bertz CT molecular complexity index is 377. The van der Waals surface area contributed by atoms with E-state index >= 15 is 0 Å². The third-order valence-electron chi connectivity index (χ3n) is 1.81. The summed E-state index contributed by atoms with van der Waals surface area (Å²) in [5.41, 5.74) is 0.423. The van der Waals surface area contributed by atoms with E-state index in [0.29, 0.717) is 22.9 Å². The van der Waals surface area contributed by atoms with Crippen LogP contribution in [0.2, 0.25) is 5.02 Å². The van der Waals surface area contributed by atoms with E-state index in [1.54, 1.807) is 24.3 Å². The summed E-state index contributed by atoms with van der Waals surface area (Å²) in [6.45, 7) is 3.93. The lowest BCUT2D eigenvalue weighted by molar-refractivity contribution is 0.0955. The number of carbonyl (C=O) groups excluding carboxylic acids is 1. The Kier molecular flexibility index (Phi) is 4.18. The number of carbonyl (C=O) groups is 1. The lowest BCUT2D eigenvalue weighted by Gasteiger charge is -2.08. The van der Waals surface area contributed by atoms with Gasteiger partial charge in [-0.3, -0.25) is 4.79 Å². The van der Waals surface area contributed by atoms with E-state index in [-0.39, 0.29) is 5.91 Å². The number of nitrogens with one attached hydrogen (secondary N) is 1. The second kappa shape index (κ2) is 5.41. The van der Waals surface area contributed by atoms with Crippen molar-refractivity contribution >= 4 is 17.5 Å². The average Bonchev–Trinajstić information content (AvgIpc) is 2.25. The van der Waals surface area contributed by atoms with Gasteiger partial charge in [-0.15, -0.1) is 6.58 Å². The van der Waals surface area contributed by atoms with Crippen molar-refractivity contribution in [3.05, 3.63) is 41.4 Å². The van der Waals surface area contributed by atoms with Gasteiger partial charge in [-0.1, -0.05) is 17.7 Å². The molecule has 3 nitrogen and oxygen atoms in total. The molecule has 0 spiro atoms. The summed E-state index contributed by atoms with van der Waals surface area (Å²) in [6, 6.07) is 4.90. The zero-order valence-electron chi connectivity index (χ0n) is 8.42. The minimum Gasteiger partial charge on any atom is -0.496 e. The molecule has 0 atom stereocenters. The van der Waals surface area contributed by atoms with Crippen molar-refractivity contribution in [1.82, 2.24) is 5.32 Å². The first-order chi connectivity index (χ1) is 7.19. The Morgan fingerprint density at radius 2 is 2.40 bits per heavy atom. The maximum absolute atomic E-state index is 11.6. The largest absolute Gasteiger partial charge is 0.496 e. The van der Waals surface area contributed by atoms with Gasteiger partial charge in [0.15, 0.2) is 0 Å². The summed E-state index contributed by atoms with van der Waals surface area (Å²) in [6.07, 6.45) is 1.61. The minimum absolute atomic E-state index is 0.228. The van der Waals surface area contributed by atoms with Crippen LogP contribution in [-0.4, -0.2) is 19.6 Å². The molecule has 1 amide bonds. The number of amides is 1. The normalized spacial score (nSPS) is 9.47. The molecular weight excluding hydrogens is 214 g/mol. The molecule has 0 unspecified atom stereocenters. The van der Waals surface area contributed by atoms with E-state index in [2.05, 4.69) is 11.9 Å². The van der Waals surface area contributed by atoms with E-state index in [1.165, 1.54) is 7.11 Å². The molecule has 0 heterocycles. The predicted molar refractivity (Wildman–Crippen MR) is 60.5 cm³/mol. The number of hydrogen-bond acceptors (Lipinski definition) is 2. The summed E-state index contributed by atoms with van der Waals surface area (Å²) in [4.78, 5) is 11.6. The van der Waals surface area contributed by atoms with Crippen molar-refractivity contribution < 1.29 is 9.53 Å². The first-order valence-electron chi connectivity index (χ1n) is 4.41. The second-order valence-electron chi connectivity index (χ2n) is 2.84. The summed E-state index contributed by atoms with van der Waals surface area (Å²) in [7, 11) is 1.51. The van der Waals surface area contributed by atoms with Gasteiger partial charge >= 0.3 is 0 Å². The third-order valence-corrected chi connectivity index (χ3v) is 2.05. The number of benzene rings is 1. The SMILES string of the molecule is C=CCNC(=O)c1cc(Cl)ccc1OC. The van der Waals surface area contributed by atoms with E-state index in [4.69, 9.17) is 16.3 Å². The quantitative estimate of drug-likeness (QED) is 0.799. The van der Waals surface area contributed by atoms with Gasteiger partial charge in [-0.25, -0.2) is 0 Å². The van der Waals surface area contributed by atoms with Crippen LogP contribution in [0.5, 0.6) is 5.75 Å². The molecule has 0 aliphatic heterocycles. The molecule has 1 rings (SSSR count). The fourth-order valence-electron chi connectivity index (χ4n) is 1.12. The number of halogens is 1. The van der Waals surface area contributed by atoms with Gasteiger partial charge < -0.3 is 10.1 Å². The highest BCUT2D eigenvalue weighted by atomic mass is 35.5. The zero-order chi connectivity index (χ0) is 11.3. The molecule has 0 aromatic heterocycles. The molecule has 80 valence electrons. The molecule has 1 aromatic rings. The fraction of sp³-hybridized carbons (Fsp3) is 0.182. The van der Waals surface area contributed by atoms with E-state index in [1.807, 2.05) is 0 Å². The van der Waals surface area contributed by atoms with Gasteiger partial charge in [-0.2, -0.15) is 0 Å². The van der Waals surface area contributed by atoms with Crippen LogP contribution in [0.4, 0.5) is 0 Å². The standard InChI is InChI=1S/C11H12ClNO2/c1-3-6-13-11(14)9-7-8(12)4-5-10(9)15-2/h3-5,7H,1,6H2,2H3,(H,13,14). The van der Waals surface area contributed by atoms with Crippen molar-refractivity contribution in [3.63, 3.8) is 0 Å². The Labute approximate surface area is 93.7 Å². The highest BCUT2D eigenvalue weighted by Gasteiger charge is 2.11. The molecule has 1 aromatic carbocycles. The zero-order valence-corrected chi connectivity index (χ0v) is 9.17. The summed E-state index contributed by atoms with van der Waals surface area (Å²) >= 11 is 5.80. The third kappa shape index (κ3) is 2.99. The number of methoxy groups -OCH3 is 1. The van der Waals surface area contributed by atoms with E-state index in [0.717, 1.165) is 0 Å². The lowest BCUT2D eigenvalue weighted by Crippen LogP contribution is -2.23. The van der Waals surface area contributed by atoms with Gasteiger partial charge in [-0.05, 0) is 18.2 Å². The summed E-state index contributed by atoms with van der Waals surface area (Å²) < 4.78 is 5.06. The van der Waals surface area contributed by atoms with Crippen LogP contribution in [0.25, 0.3) is 0 Å². The monoisotopic (exact) mass is 225 g/mol. The summed E-state index contributed by atoms with van der Waals surface area (Å²) in [5, 5.41) is 3.15. The highest BCUT2D eigenvalue weighted by Crippen LogP contribution is 2.22. The lowest BCUT2D eigenvalue weighted by atomic mass is 10.2. The first kappa shape index (κ1) is 11.6. The molecule has 0 saturated heterocycles. The molecular formula is C11H12ClNO2.